The molecule has 1 fully saturated rings. The van der Waals surface area contributed by atoms with Gasteiger partial charge in [0.05, 0.1) is 24.8 Å². The number of piperazine rings is 1. The molecule has 0 bridgehead atoms. The van der Waals surface area contributed by atoms with Gasteiger partial charge in [0, 0.05) is 47.7 Å². The molecule has 3 aromatic rings. The van der Waals surface area contributed by atoms with Crippen LogP contribution in [0.3, 0.4) is 0 Å². The van der Waals surface area contributed by atoms with E-state index in [4.69, 9.17) is 21.3 Å². The van der Waals surface area contributed by atoms with E-state index in [-0.39, 0.29) is 30.9 Å². The van der Waals surface area contributed by atoms with Crippen LogP contribution in [0.5, 0.6) is 0 Å². The zero-order chi connectivity index (χ0) is 25.9. The molecule has 9 heteroatoms. The molecule has 37 heavy (non-hydrogen) atoms. The summed E-state index contributed by atoms with van der Waals surface area (Å²) in [4.78, 5) is 39.4. The number of rotatable bonds is 5. The van der Waals surface area contributed by atoms with E-state index in [1.807, 2.05) is 30.5 Å². The first-order valence-corrected chi connectivity index (χ1v) is 13.6. The molecule has 0 spiro atoms. The average Bonchev–Trinajstić information content (AvgIpc) is 3.05. The first-order chi connectivity index (χ1) is 17.9. The second kappa shape index (κ2) is 11.3. The molecule has 1 saturated heterocycles. The molecular weight excluding hydrogens is 556 g/mol. The quantitative estimate of drug-likeness (QED) is 0.415. The van der Waals surface area contributed by atoms with Gasteiger partial charge in [0.1, 0.15) is 6.04 Å². The van der Waals surface area contributed by atoms with Crippen molar-refractivity contribution in [3.63, 3.8) is 0 Å². The number of aromatic nitrogens is 2. The van der Waals surface area contributed by atoms with Gasteiger partial charge >= 0.3 is 5.97 Å². The maximum atomic E-state index is 13.3. The third-order valence-corrected chi connectivity index (χ3v) is 7.69. The molecule has 2 aliphatic rings. The van der Waals surface area contributed by atoms with Crippen LogP contribution in [-0.4, -0.2) is 63.9 Å². The third-order valence-electron chi connectivity index (χ3n) is 7.02. The predicted octanol–water partition coefficient (Wildman–Crippen LogP) is 4.40. The number of carbonyl (C=O) groups is 2. The lowest BCUT2D eigenvalue weighted by Crippen LogP contribution is -2.59. The Balaban J connectivity index is 1.49. The fourth-order valence-electron chi connectivity index (χ4n) is 5.34. The lowest BCUT2D eigenvalue weighted by Gasteiger charge is -2.43. The zero-order valence-corrected chi connectivity index (χ0v) is 22.9. The fourth-order valence-corrected chi connectivity index (χ4v) is 5.91. The van der Waals surface area contributed by atoms with Crippen LogP contribution in [0.25, 0.3) is 0 Å². The normalized spacial score (nSPS) is 19.5. The van der Waals surface area contributed by atoms with Gasteiger partial charge in [-0.3, -0.25) is 19.7 Å². The lowest BCUT2D eigenvalue weighted by molar-refractivity contribution is -0.158. The van der Waals surface area contributed by atoms with Crippen LogP contribution in [0.2, 0.25) is 5.02 Å². The van der Waals surface area contributed by atoms with Crippen molar-refractivity contribution >= 4 is 39.4 Å². The molecule has 0 radical (unpaired) electrons. The minimum absolute atomic E-state index is 0.110. The Morgan fingerprint density at radius 3 is 2.76 bits per heavy atom. The van der Waals surface area contributed by atoms with Crippen LogP contribution in [0.4, 0.5) is 0 Å². The molecule has 0 N–H and O–H groups in total. The Bertz CT molecular complexity index is 1250. The largest absolute Gasteiger partial charge is 0.464 e. The topological polar surface area (TPSA) is 75.6 Å². The summed E-state index contributed by atoms with van der Waals surface area (Å²) in [7, 11) is 0. The Hall–Kier alpha value is -2.81. The minimum atomic E-state index is -0.712. The third kappa shape index (κ3) is 5.56. The van der Waals surface area contributed by atoms with E-state index in [9.17, 15) is 9.59 Å². The molecule has 5 rings (SSSR count). The Morgan fingerprint density at radius 1 is 1.14 bits per heavy atom. The second-order valence-corrected chi connectivity index (χ2v) is 10.7. The summed E-state index contributed by atoms with van der Waals surface area (Å²) in [5.74, 6) is -0.498. The van der Waals surface area contributed by atoms with Crippen molar-refractivity contribution in [1.82, 2.24) is 19.8 Å². The Labute approximate surface area is 229 Å². The number of pyridine rings is 2. The van der Waals surface area contributed by atoms with Gasteiger partial charge in [-0.05, 0) is 82.2 Å². The number of aryl methyl sites for hydroxylation is 2. The van der Waals surface area contributed by atoms with Crippen molar-refractivity contribution in [2.24, 2.45) is 0 Å². The van der Waals surface area contributed by atoms with Crippen molar-refractivity contribution in [3.05, 3.63) is 92.4 Å². The van der Waals surface area contributed by atoms with Crippen molar-refractivity contribution in [2.75, 3.05) is 26.2 Å². The smallest absolute Gasteiger partial charge is 0.330 e. The van der Waals surface area contributed by atoms with Gasteiger partial charge in [0.25, 0.3) is 0 Å². The number of esters is 1. The molecule has 2 aromatic heterocycles. The highest BCUT2D eigenvalue weighted by Gasteiger charge is 2.40. The number of fused-ring (bicyclic) bond motifs is 2. The van der Waals surface area contributed by atoms with Crippen molar-refractivity contribution < 1.29 is 14.3 Å². The lowest BCUT2D eigenvalue weighted by atomic mass is 9.95. The summed E-state index contributed by atoms with van der Waals surface area (Å²) < 4.78 is 6.37. The average molecular weight is 584 g/mol. The molecule has 192 valence electrons. The van der Waals surface area contributed by atoms with Crippen LogP contribution in [0, 0.1) is 0 Å². The maximum absolute atomic E-state index is 13.3. The highest BCUT2D eigenvalue weighted by molar-refractivity contribution is 9.10. The zero-order valence-electron chi connectivity index (χ0n) is 20.6. The second-order valence-electron chi connectivity index (χ2n) is 9.33. The molecule has 1 aliphatic heterocycles. The summed E-state index contributed by atoms with van der Waals surface area (Å²) >= 11 is 9.94. The Kier molecular flexibility index (Phi) is 7.88. The minimum Gasteiger partial charge on any atom is -0.464 e. The number of halogens is 2. The number of amides is 1. The summed E-state index contributed by atoms with van der Waals surface area (Å²) in [5.41, 5.74) is 5.26. The van der Waals surface area contributed by atoms with Gasteiger partial charge in [-0.15, -0.1) is 0 Å². The van der Waals surface area contributed by atoms with Crippen LogP contribution in [0.1, 0.15) is 40.9 Å². The molecular formula is C28H28BrClN4O3. The Morgan fingerprint density at radius 2 is 1.97 bits per heavy atom. The molecule has 0 saturated carbocycles. The number of carbonyl (C=O) groups excluding carboxylic acids is 2. The first-order valence-electron chi connectivity index (χ1n) is 12.5. The van der Waals surface area contributed by atoms with Crippen LogP contribution >= 0.6 is 27.5 Å². The van der Waals surface area contributed by atoms with E-state index in [1.165, 1.54) is 5.56 Å². The SMILES string of the molecule is CCOC(=O)C1CN(C2c3ccc(Cl)cc3CCc3cc(Br)cnc32)CCN1C(=O)Cc1cccnc1. The van der Waals surface area contributed by atoms with E-state index in [1.54, 1.807) is 24.2 Å². The van der Waals surface area contributed by atoms with Gasteiger partial charge in [-0.2, -0.15) is 0 Å². The molecule has 2 unspecified atom stereocenters. The predicted molar refractivity (Wildman–Crippen MR) is 144 cm³/mol. The maximum Gasteiger partial charge on any atom is 0.330 e. The van der Waals surface area contributed by atoms with Crippen molar-refractivity contribution in [1.29, 1.82) is 0 Å². The van der Waals surface area contributed by atoms with Crippen LogP contribution in [0.15, 0.2) is 59.5 Å². The number of benzene rings is 1. The summed E-state index contributed by atoms with van der Waals surface area (Å²) in [5, 5.41) is 0.702. The fraction of sp³-hybridized carbons (Fsp3) is 0.357. The van der Waals surface area contributed by atoms with Gasteiger partial charge in [0.2, 0.25) is 5.91 Å². The van der Waals surface area contributed by atoms with Gasteiger partial charge in [-0.1, -0.05) is 23.7 Å². The highest BCUT2D eigenvalue weighted by Crippen LogP contribution is 2.38. The number of nitrogens with zero attached hydrogens (tertiary/aromatic N) is 4. The standard InChI is InChI=1S/C28H28BrClN4O3/c1-2-37-28(36)24-17-33(10-11-34(24)25(35)12-18-4-3-9-31-15-18)27-23-8-7-22(30)14-19(23)5-6-20-13-21(29)16-32-26(20)27/h3-4,7-9,13-16,24,27H,2,5-6,10-12,17H2,1H3. The van der Waals surface area contributed by atoms with Gasteiger partial charge in [0.15, 0.2) is 0 Å². The number of hydrogen-bond acceptors (Lipinski definition) is 6. The molecule has 2 atom stereocenters. The van der Waals surface area contributed by atoms with E-state index in [0.29, 0.717) is 24.7 Å². The van der Waals surface area contributed by atoms with E-state index in [2.05, 4.69) is 37.9 Å². The molecule has 3 heterocycles. The number of hydrogen-bond donors (Lipinski definition) is 0. The number of ether oxygens (including phenoxy) is 1. The molecule has 1 amide bonds. The van der Waals surface area contributed by atoms with Gasteiger partial charge in [-0.25, -0.2) is 4.79 Å². The van der Waals surface area contributed by atoms with Crippen molar-refractivity contribution in [3.8, 4) is 0 Å². The summed E-state index contributed by atoms with van der Waals surface area (Å²) in [6.45, 7) is 3.39. The molecule has 1 aliphatic carbocycles. The van der Waals surface area contributed by atoms with Crippen LogP contribution < -0.4 is 0 Å². The molecule has 7 nitrogen and oxygen atoms in total. The highest BCUT2D eigenvalue weighted by atomic mass is 79.9. The summed E-state index contributed by atoms with van der Waals surface area (Å²) in [6, 6.07) is 10.9. The molecule has 1 aromatic carbocycles. The van der Waals surface area contributed by atoms with Gasteiger partial charge < -0.3 is 9.64 Å². The van der Waals surface area contributed by atoms with E-state index >= 15 is 0 Å². The first kappa shape index (κ1) is 25.8. The van der Waals surface area contributed by atoms with Crippen LogP contribution in [-0.2, 0) is 33.6 Å². The van der Waals surface area contributed by atoms with Crippen molar-refractivity contribution in [2.45, 2.75) is 38.3 Å². The summed E-state index contributed by atoms with van der Waals surface area (Å²) in [6.07, 6.45) is 7.06. The monoisotopic (exact) mass is 582 g/mol. The van der Waals surface area contributed by atoms with E-state index in [0.717, 1.165) is 39.7 Å². The van der Waals surface area contributed by atoms with E-state index < -0.39 is 6.04 Å².